The van der Waals surface area contributed by atoms with E-state index in [0.29, 0.717) is 0 Å². The third-order valence-electron chi connectivity index (χ3n) is 4.78. The molecule has 1 unspecified atom stereocenters. The molecule has 3 rings (SSSR count). The molecular weight excluding hydrogens is 372 g/mol. The first-order chi connectivity index (χ1) is 12.2. The van der Waals surface area contributed by atoms with Crippen molar-refractivity contribution in [1.29, 1.82) is 0 Å². The Hall–Kier alpha value is -1.64. The molecule has 0 bridgehead atoms. The van der Waals surface area contributed by atoms with Crippen LogP contribution in [0, 0.1) is 0 Å². The van der Waals surface area contributed by atoms with Crippen molar-refractivity contribution in [2.45, 2.75) is 36.1 Å². The van der Waals surface area contributed by atoms with Crippen molar-refractivity contribution < 1.29 is 4.74 Å². The zero-order valence-corrected chi connectivity index (χ0v) is 16.3. The van der Waals surface area contributed by atoms with Gasteiger partial charge in [-0.25, -0.2) is 0 Å². The maximum Gasteiger partial charge on any atom is 0.137 e. The largest absolute Gasteiger partial charge is 0.364 e. The Morgan fingerprint density at radius 1 is 0.960 bits per heavy atom. The van der Waals surface area contributed by atoms with E-state index in [2.05, 4.69) is 108 Å². The molecule has 0 aromatic heterocycles. The van der Waals surface area contributed by atoms with Crippen molar-refractivity contribution in [2.75, 3.05) is 6.61 Å². The fraction of sp³-hybridized carbons (Fsp3) is 0.304. The number of hydrogen-bond donors (Lipinski definition) is 0. The lowest BCUT2D eigenvalue weighted by Gasteiger charge is -2.47. The van der Waals surface area contributed by atoms with Gasteiger partial charge in [0, 0.05) is 6.61 Å². The monoisotopic (exact) mass is 396 g/mol. The SMILES string of the molecule is CCCCOC(c1ccccc1)(c1ccccc1)C1(Br)C=CC=CC1. The summed E-state index contributed by atoms with van der Waals surface area (Å²) in [5.74, 6) is 0. The van der Waals surface area contributed by atoms with Gasteiger partial charge < -0.3 is 4.74 Å². The van der Waals surface area contributed by atoms with E-state index in [9.17, 15) is 0 Å². The minimum absolute atomic E-state index is 0.328. The molecule has 0 aliphatic heterocycles. The van der Waals surface area contributed by atoms with Crippen LogP contribution in [-0.4, -0.2) is 10.9 Å². The summed E-state index contributed by atoms with van der Waals surface area (Å²) < 4.78 is 6.42. The Labute approximate surface area is 159 Å². The summed E-state index contributed by atoms with van der Waals surface area (Å²) >= 11 is 4.08. The van der Waals surface area contributed by atoms with Gasteiger partial charge in [-0.15, -0.1) is 0 Å². The minimum Gasteiger partial charge on any atom is -0.364 e. The lowest BCUT2D eigenvalue weighted by molar-refractivity contribution is -0.0364. The van der Waals surface area contributed by atoms with Gasteiger partial charge in [0.2, 0.25) is 0 Å². The summed E-state index contributed by atoms with van der Waals surface area (Å²) in [7, 11) is 0. The zero-order valence-electron chi connectivity index (χ0n) is 14.7. The summed E-state index contributed by atoms with van der Waals surface area (Å²) in [6, 6.07) is 21.2. The zero-order chi connectivity index (χ0) is 17.6. The van der Waals surface area contributed by atoms with Gasteiger partial charge in [0.05, 0.1) is 4.32 Å². The molecule has 0 heterocycles. The van der Waals surface area contributed by atoms with Gasteiger partial charge in [0.15, 0.2) is 0 Å². The number of ether oxygens (including phenoxy) is 1. The molecule has 1 atom stereocenters. The highest BCUT2D eigenvalue weighted by Crippen LogP contribution is 2.51. The third kappa shape index (κ3) is 3.51. The fourth-order valence-electron chi connectivity index (χ4n) is 3.50. The first-order valence-electron chi connectivity index (χ1n) is 9.01. The highest BCUT2D eigenvalue weighted by Gasteiger charge is 2.51. The standard InChI is InChI=1S/C23H25BrO/c1-2-3-19-25-23(20-13-7-4-8-14-20,21-15-9-5-10-16-21)22(24)17-11-6-12-18-22/h4-17H,2-3,18-19H2,1H3. The highest BCUT2D eigenvalue weighted by molar-refractivity contribution is 9.10. The Morgan fingerprint density at radius 3 is 2.04 bits per heavy atom. The average Bonchev–Trinajstić information content (AvgIpc) is 2.67. The van der Waals surface area contributed by atoms with Crippen molar-refractivity contribution in [1.82, 2.24) is 0 Å². The summed E-state index contributed by atoms with van der Waals surface area (Å²) in [4.78, 5) is 0. The lowest BCUT2D eigenvalue weighted by Crippen LogP contribution is -2.49. The van der Waals surface area contributed by atoms with E-state index >= 15 is 0 Å². The van der Waals surface area contributed by atoms with E-state index in [0.717, 1.165) is 25.9 Å². The molecule has 2 aromatic rings. The summed E-state index contributed by atoms with van der Waals surface area (Å²) in [5.41, 5.74) is 1.77. The van der Waals surface area contributed by atoms with Crippen LogP contribution >= 0.6 is 15.9 Å². The van der Waals surface area contributed by atoms with E-state index < -0.39 is 5.60 Å². The molecule has 0 amide bonds. The van der Waals surface area contributed by atoms with Crippen LogP contribution in [0.3, 0.4) is 0 Å². The van der Waals surface area contributed by atoms with E-state index in [1.165, 1.54) is 11.1 Å². The van der Waals surface area contributed by atoms with Crippen LogP contribution in [0.25, 0.3) is 0 Å². The first kappa shape index (κ1) is 18.2. The highest BCUT2D eigenvalue weighted by atomic mass is 79.9. The Kier molecular flexibility index (Phi) is 5.93. The maximum absolute atomic E-state index is 6.75. The second kappa shape index (κ2) is 8.16. The number of allylic oxidation sites excluding steroid dienone is 3. The molecule has 25 heavy (non-hydrogen) atoms. The summed E-state index contributed by atoms with van der Waals surface area (Å²) in [5, 5.41) is 0. The van der Waals surface area contributed by atoms with Gasteiger partial charge in [-0.05, 0) is 24.0 Å². The molecule has 0 radical (unpaired) electrons. The molecule has 130 valence electrons. The van der Waals surface area contributed by atoms with Crippen LogP contribution in [0.4, 0.5) is 0 Å². The van der Waals surface area contributed by atoms with Gasteiger partial charge >= 0.3 is 0 Å². The van der Waals surface area contributed by atoms with Crippen LogP contribution in [0.15, 0.2) is 85.0 Å². The Morgan fingerprint density at radius 2 is 1.56 bits per heavy atom. The molecule has 0 saturated carbocycles. The van der Waals surface area contributed by atoms with Gasteiger partial charge in [-0.3, -0.25) is 0 Å². The molecule has 2 heteroatoms. The van der Waals surface area contributed by atoms with E-state index in [-0.39, 0.29) is 4.32 Å². The second-order valence-electron chi connectivity index (χ2n) is 6.47. The van der Waals surface area contributed by atoms with Crippen LogP contribution in [0.2, 0.25) is 0 Å². The van der Waals surface area contributed by atoms with Crippen LogP contribution in [0.5, 0.6) is 0 Å². The quantitative estimate of drug-likeness (QED) is 0.388. The van der Waals surface area contributed by atoms with Gasteiger partial charge in [0.25, 0.3) is 0 Å². The van der Waals surface area contributed by atoms with E-state index in [1.54, 1.807) is 0 Å². The summed E-state index contributed by atoms with van der Waals surface area (Å²) in [6.07, 6.45) is 11.7. The normalized spacial score (nSPS) is 19.9. The molecule has 1 nitrogen and oxygen atoms in total. The molecule has 0 saturated heterocycles. The Bertz CT molecular complexity index is 681. The summed E-state index contributed by atoms with van der Waals surface area (Å²) in [6.45, 7) is 2.93. The van der Waals surface area contributed by atoms with Gasteiger partial charge in [0.1, 0.15) is 5.60 Å². The van der Waals surface area contributed by atoms with Crippen LogP contribution in [-0.2, 0) is 10.3 Å². The Balaban J connectivity index is 2.20. The van der Waals surface area contributed by atoms with Gasteiger partial charge in [-0.1, -0.05) is 114 Å². The smallest absolute Gasteiger partial charge is 0.137 e. The van der Waals surface area contributed by atoms with Gasteiger partial charge in [-0.2, -0.15) is 0 Å². The van der Waals surface area contributed by atoms with Crippen molar-refractivity contribution >= 4 is 15.9 Å². The van der Waals surface area contributed by atoms with E-state index in [1.807, 2.05) is 0 Å². The predicted octanol–water partition coefficient (Wildman–Crippen LogP) is 6.40. The van der Waals surface area contributed by atoms with Crippen molar-refractivity contribution in [2.24, 2.45) is 0 Å². The third-order valence-corrected chi connectivity index (χ3v) is 5.93. The first-order valence-corrected chi connectivity index (χ1v) is 9.80. The minimum atomic E-state index is -0.577. The molecule has 1 aliphatic carbocycles. The number of alkyl halides is 1. The molecule has 1 aliphatic rings. The number of benzene rings is 2. The second-order valence-corrected chi connectivity index (χ2v) is 7.88. The molecule has 0 fully saturated rings. The van der Waals surface area contributed by atoms with Crippen LogP contribution < -0.4 is 0 Å². The molecule has 2 aromatic carbocycles. The molecule has 0 spiro atoms. The lowest BCUT2D eigenvalue weighted by atomic mass is 9.73. The molecule has 0 N–H and O–H groups in total. The van der Waals surface area contributed by atoms with Crippen molar-refractivity contribution in [3.8, 4) is 0 Å². The number of rotatable bonds is 7. The fourth-order valence-corrected chi connectivity index (χ4v) is 4.42. The molecular formula is C23H25BrO. The topological polar surface area (TPSA) is 9.23 Å². The number of hydrogen-bond acceptors (Lipinski definition) is 1. The van der Waals surface area contributed by atoms with E-state index in [4.69, 9.17) is 4.74 Å². The van der Waals surface area contributed by atoms with Crippen molar-refractivity contribution in [3.05, 3.63) is 96.1 Å². The average molecular weight is 397 g/mol. The van der Waals surface area contributed by atoms with Crippen molar-refractivity contribution in [3.63, 3.8) is 0 Å². The number of unbranched alkanes of at least 4 members (excludes halogenated alkanes) is 1. The maximum atomic E-state index is 6.75. The van der Waals surface area contributed by atoms with Crippen LogP contribution in [0.1, 0.15) is 37.3 Å². The number of halogens is 1. The predicted molar refractivity (Wildman–Crippen MR) is 109 cm³/mol.